The number of carbonyl (C=O) groups is 1. The molecule has 1 aliphatic heterocycles. The lowest BCUT2D eigenvalue weighted by atomic mass is 10.0. The van der Waals surface area contributed by atoms with E-state index in [9.17, 15) is 18.0 Å². The molecule has 1 N–H and O–H groups in total. The Morgan fingerprint density at radius 3 is 2.59 bits per heavy atom. The molecule has 2 fully saturated rings. The average Bonchev–Trinajstić information content (AvgIpc) is 3.60. The molecule has 0 bridgehead atoms. The minimum absolute atomic E-state index is 0.0380. The van der Waals surface area contributed by atoms with Crippen LogP contribution in [0.1, 0.15) is 51.6 Å². The molecule has 3 aromatic rings. The third-order valence-corrected chi connectivity index (χ3v) is 6.36. The topological polar surface area (TPSA) is 93.9 Å². The van der Waals surface area contributed by atoms with Gasteiger partial charge in [0.15, 0.2) is 28.8 Å². The van der Waals surface area contributed by atoms with Crippen LogP contribution >= 0.6 is 0 Å². The summed E-state index contributed by atoms with van der Waals surface area (Å²) in [4.78, 5) is 22.7. The maximum absolute atomic E-state index is 15.0. The SMILES string of the molecule is COc1cn2ncc(-c3nc(N[C@H]4CN(C(=O)OC(C)(C)C)CC[C@@H]4F)c(F)cc3F)c2nc1C1CC1. The number of rotatable bonds is 5. The summed E-state index contributed by atoms with van der Waals surface area (Å²) in [5, 5.41) is 6.98. The van der Waals surface area contributed by atoms with E-state index in [1.807, 2.05) is 0 Å². The number of halogens is 3. The Balaban J connectivity index is 1.44. The van der Waals surface area contributed by atoms with Gasteiger partial charge < -0.3 is 19.7 Å². The van der Waals surface area contributed by atoms with Crippen LogP contribution in [0.25, 0.3) is 16.9 Å². The van der Waals surface area contributed by atoms with Crippen LogP contribution in [0.2, 0.25) is 0 Å². The van der Waals surface area contributed by atoms with E-state index >= 15 is 0 Å². The standard InChI is InChI=1S/C25H29F3N6O3/c1-25(2,3)37-24(35)33-8-7-15(26)18(11-33)30-22-17(28)9-16(27)21(31-22)14-10-29-34-12-19(36-4)20(13-5-6-13)32-23(14)34/h9-10,12-13,15,18H,5-8,11H2,1-4H3,(H,30,31)/t15-,18-/m0/s1. The second kappa shape index (κ2) is 9.38. The van der Waals surface area contributed by atoms with Crippen molar-refractivity contribution >= 4 is 17.6 Å². The molecule has 2 aliphatic rings. The molecule has 0 spiro atoms. The number of hydrogen-bond donors (Lipinski definition) is 1. The van der Waals surface area contributed by atoms with Gasteiger partial charge in [-0.25, -0.2) is 32.4 Å². The predicted molar refractivity (Wildman–Crippen MR) is 129 cm³/mol. The summed E-state index contributed by atoms with van der Waals surface area (Å²) >= 11 is 0. The lowest BCUT2D eigenvalue weighted by Crippen LogP contribution is -2.52. The van der Waals surface area contributed by atoms with Crippen molar-refractivity contribution in [3.8, 4) is 17.0 Å². The van der Waals surface area contributed by atoms with Crippen LogP contribution in [0.5, 0.6) is 5.75 Å². The first-order chi connectivity index (χ1) is 17.5. The number of alkyl halides is 1. The van der Waals surface area contributed by atoms with Crippen molar-refractivity contribution < 1.29 is 27.4 Å². The van der Waals surface area contributed by atoms with Gasteiger partial charge in [0.25, 0.3) is 0 Å². The van der Waals surface area contributed by atoms with Crippen molar-refractivity contribution in [3.05, 3.63) is 35.8 Å². The summed E-state index contributed by atoms with van der Waals surface area (Å²) in [5.41, 5.74) is 0.485. The molecule has 0 unspecified atom stereocenters. The van der Waals surface area contributed by atoms with E-state index in [0.29, 0.717) is 17.5 Å². The van der Waals surface area contributed by atoms with Gasteiger partial charge in [-0.15, -0.1) is 0 Å². The van der Waals surface area contributed by atoms with Crippen molar-refractivity contribution in [2.75, 3.05) is 25.5 Å². The normalized spacial score (nSPS) is 20.2. The van der Waals surface area contributed by atoms with Crippen molar-refractivity contribution in [1.82, 2.24) is 24.5 Å². The van der Waals surface area contributed by atoms with Gasteiger partial charge in [-0.05, 0) is 40.0 Å². The van der Waals surface area contributed by atoms with Gasteiger partial charge in [-0.1, -0.05) is 0 Å². The Hall–Kier alpha value is -3.57. The highest BCUT2D eigenvalue weighted by Gasteiger charge is 2.35. The summed E-state index contributed by atoms with van der Waals surface area (Å²) < 4.78 is 56.8. The molecule has 12 heteroatoms. The van der Waals surface area contributed by atoms with Crippen LogP contribution in [0.15, 0.2) is 18.5 Å². The molecule has 0 radical (unpaired) electrons. The van der Waals surface area contributed by atoms with E-state index in [2.05, 4.69) is 20.4 Å². The van der Waals surface area contributed by atoms with Gasteiger partial charge in [0.1, 0.15) is 17.5 Å². The molecular formula is C25H29F3N6O3. The van der Waals surface area contributed by atoms with Gasteiger partial charge in [-0.2, -0.15) is 5.10 Å². The number of carbonyl (C=O) groups excluding carboxylic acids is 1. The Kier molecular flexibility index (Phi) is 6.36. The quantitative estimate of drug-likeness (QED) is 0.523. The first-order valence-corrected chi connectivity index (χ1v) is 12.2. The average molecular weight is 519 g/mol. The Morgan fingerprint density at radius 1 is 1.16 bits per heavy atom. The zero-order valence-corrected chi connectivity index (χ0v) is 21.1. The molecule has 1 aliphatic carbocycles. The van der Waals surface area contributed by atoms with E-state index < -0.39 is 35.5 Å². The fourth-order valence-electron chi connectivity index (χ4n) is 4.37. The lowest BCUT2D eigenvalue weighted by molar-refractivity contribution is 0.0150. The molecule has 9 nitrogen and oxygen atoms in total. The summed E-state index contributed by atoms with van der Waals surface area (Å²) in [7, 11) is 1.55. The summed E-state index contributed by atoms with van der Waals surface area (Å²) in [5.74, 6) is -1.37. The number of likely N-dealkylation sites (tertiary alicyclic amines) is 1. The molecule has 4 heterocycles. The number of nitrogens with zero attached hydrogens (tertiary/aromatic N) is 5. The molecule has 3 aromatic heterocycles. The Labute approximate surface area is 212 Å². The highest BCUT2D eigenvalue weighted by Crippen LogP contribution is 2.43. The van der Waals surface area contributed by atoms with Crippen LogP contribution in [0.4, 0.5) is 23.8 Å². The van der Waals surface area contributed by atoms with Crippen molar-refractivity contribution in [2.24, 2.45) is 0 Å². The van der Waals surface area contributed by atoms with E-state index in [1.54, 1.807) is 34.1 Å². The first kappa shape index (κ1) is 25.1. The molecule has 1 saturated carbocycles. The van der Waals surface area contributed by atoms with Gasteiger partial charge in [-0.3, -0.25) is 0 Å². The van der Waals surface area contributed by atoms with Crippen LogP contribution < -0.4 is 10.1 Å². The number of piperidine rings is 1. The summed E-state index contributed by atoms with van der Waals surface area (Å²) in [6.45, 7) is 5.31. The summed E-state index contributed by atoms with van der Waals surface area (Å²) in [6.07, 6.45) is 3.10. The van der Waals surface area contributed by atoms with Crippen LogP contribution in [0, 0.1) is 11.6 Å². The van der Waals surface area contributed by atoms with E-state index in [1.165, 1.54) is 15.6 Å². The smallest absolute Gasteiger partial charge is 0.410 e. The highest BCUT2D eigenvalue weighted by atomic mass is 19.1. The molecule has 2 atom stereocenters. The van der Waals surface area contributed by atoms with Gasteiger partial charge in [0.05, 0.1) is 36.8 Å². The number of aromatic nitrogens is 4. The van der Waals surface area contributed by atoms with Crippen LogP contribution in [-0.2, 0) is 4.74 Å². The fraction of sp³-hybridized carbons (Fsp3) is 0.520. The molecule has 1 saturated heterocycles. The molecular weight excluding hydrogens is 489 g/mol. The van der Waals surface area contributed by atoms with Gasteiger partial charge in [0, 0.05) is 25.1 Å². The zero-order chi connectivity index (χ0) is 26.5. The number of methoxy groups -OCH3 is 1. The van der Waals surface area contributed by atoms with E-state index in [0.717, 1.165) is 18.5 Å². The van der Waals surface area contributed by atoms with Crippen LogP contribution in [0.3, 0.4) is 0 Å². The number of anilines is 1. The van der Waals surface area contributed by atoms with Crippen molar-refractivity contribution in [3.63, 3.8) is 0 Å². The minimum Gasteiger partial charge on any atom is -0.493 e. The molecule has 5 rings (SSSR count). The Morgan fingerprint density at radius 2 is 1.92 bits per heavy atom. The number of nitrogens with one attached hydrogen (secondary N) is 1. The molecule has 0 aromatic carbocycles. The van der Waals surface area contributed by atoms with Crippen molar-refractivity contribution in [2.45, 2.75) is 63.8 Å². The largest absolute Gasteiger partial charge is 0.493 e. The molecule has 198 valence electrons. The lowest BCUT2D eigenvalue weighted by Gasteiger charge is -2.36. The fourth-order valence-corrected chi connectivity index (χ4v) is 4.37. The molecule has 37 heavy (non-hydrogen) atoms. The Bertz CT molecular complexity index is 1340. The van der Waals surface area contributed by atoms with E-state index in [-0.39, 0.29) is 42.5 Å². The summed E-state index contributed by atoms with van der Waals surface area (Å²) in [6, 6.07) is -0.268. The number of amides is 1. The molecule has 1 amide bonds. The maximum Gasteiger partial charge on any atom is 0.410 e. The highest BCUT2D eigenvalue weighted by molar-refractivity contribution is 5.76. The predicted octanol–water partition coefficient (Wildman–Crippen LogP) is 4.71. The first-order valence-electron chi connectivity index (χ1n) is 12.2. The number of hydrogen-bond acceptors (Lipinski definition) is 7. The number of pyridine rings is 1. The zero-order valence-electron chi connectivity index (χ0n) is 21.1. The van der Waals surface area contributed by atoms with E-state index in [4.69, 9.17) is 9.47 Å². The minimum atomic E-state index is -1.37. The second-order valence-electron chi connectivity index (χ2n) is 10.4. The monoisotopic (exact) mass is 518 g/mol. The third-order valence-electron chi connectivity index (χ3n) is 6.36. The third kappa shape index (κ3) is 5.14. The van der Waals surface area contributed by atoms with Gasteiger partial charge in [0.2, 0.25) is 0 Å². The van der Waals surface area contributed by atoms with Crippen molar-refractivity contribution in [1.29, 1.82) is 0 Å². The maximum atomic E-state index is 15.0. The second-order valence-corrected chi connectivity index (χ2v) is 10.4. The number of ether oxygens (including phenoxy) is 2. The number of fused-ring (bicyclic) bond motifs is 1. The van der Waals surface area contributed by atoms with Crippen LogP contribution in [-0.4, -0.2) is 68.6 Å². The van der Waals surface area contributed by atoms with Gasteiger partial charge >= 0.3 is 6.09 Å².